The molecule has 0 aliphatic rings. The number of amides is 2. The highest BCUT2D eigenvalue weighted by Crippen LogP contribution is 2.29. The summed E-state index contributed by atoms with van der Waals surface area (Å²) in [4.78, 5) is 43.9. The fourth-order valence-electron chi connectivity index (χ4n) is 3.70. The Morgan fingerprint density at radius 3 is 2.46 bits per heavy atom. The Hall–Kier alpha value is -3.30. The molecule has 4 aromatic rings. The zero-order chi connectivity index (χ0) is 25.3. The number of carbonyl (C=O) groups excluding carboxylic acids is 2. The van der Waals surface area contributed by atoms with Gasteiger partial charge >= 0.3 is 0 Å². The number of carbonyl (C=O) groups is 2. The van der Waals surface area contributed by atoms with Gasteiger partial charge in [0.05, 0.1) is 22.3 Å². The van der Waals surface area contributed by atoms with Crippen LogP contribution in [0.1, 0.15) is 46.1 Å². The topological polar surface area (TPSA) is 93.1 Å². The molecule has 0 bridgehead atoms. The number of anilines is 2. The minimum absolute atomic E-state index is 0.180. The lowest BCUT2D eigenvalue weighted by Crippen LogP contribution is -2.28. The summed E-state index contributed by atoms with van der Waals surface area (Å²) in [5.74, 6) is -0.250. The van der Waals surface area contributed by atoms with Crippen LogP contribution in [0.2, 0.25) is 0 Å². The summed E-state index contributed by atoms with van der Waals surface area (Å²) in [7, 11) is 0. The number of hydrogen-bond acceptors (Lipinski definition) is 5. The first kappa shape index (κ1) is 24.8. The van der Waals surface area contributed by atoms with E-state index >= 15 is 0 Å². The highest BCUT2D eigenvalue weighted by atomic mass is 79.9. The number of hydrogen-bond donors (Lipinski definition) is 2. The lowest BCUT2D eigenvalue weighted by atomic mass is 10.0. The maximum Gasteiger partial charge on any atom is 0.266 e. The summed E-state index contributed by atoms with van der Waals surface area (Å²) in [6.45, 7) is 7.71. The van der Waals surface area contributed by atoms with Crippen molar-refractivity contribution >= 4 is 60.7 Å². The van der Waals surface area contributed by atoms with Gasteiger partial charge in [0.2, 0.25) is 5.91 Å². The zero-order valence-electron chi connectivity index (χ0n) is 19.8. The van der Waals surface area contributed by atoms with E-state index < -0.39 is 0 Å². The maximum atomic E-state index is 13.2. The van der Waals surface area contributed by atoms with Crippen LogP contribution in [0.15, 0.2) is 58.1 Å². The molecule has 0 aliphatic carbocycles. The van der Waals surface area contributed by atoms with E-state index in [1.54, 1.807) is 6.92 Å². The minimum Gasteiger partial charge on any atom is -0.325 e. The molecule has 2 aromatic carbocycles. The normalized spacial score (nSPS) is 11.1. The standard InChI is InChI=1S/C26H25BrN4O3S/c1-14(2)17-6-8-18(9-7-17)29-21(32)12-31-13-28-25-22(26(31)34)16(4)23(35-25)24(33)30-20-10-5-15(3)11-19(20)27/h5-11,13-14H,12H2,1-4H3,(H,29,32)(H,30,33). The molecule has 180 valence electrons. The molecular formula is C26H25BrN4O3S. The van der Waals surface area contributed by atoms with Crippen molar-refractivity contribution in [3.8, 4) is 0 Å². The molecule has 0 saturated heterocycles. The van der Waals surface area contributed by atoms with Gasteiger partial charge in [0.1, 0.15) is 11.4 Å². The van der Waals surface area contributed by atoms with Crippen molar-refractivity contribution in [1.82, 2.24) is 9.55 Å². The van der Waals surface area contributed by atoms with Crippen molar-refractivity contribution in [3.05, 3.63) is 85.2 Å². The first-order valence-electron chi connectivity index (χ1n) is 11.1. The summed E-state index contributed by atoms with van der Waals surface area (Å²) in [6.07, 6.45) is 1.35. The van der Waals surface area contributed by atoms with Gasteiger partial charge in [-0.3, -0.25) is 19.0 Å². The largest absolute Gasteiger partial charge is 0.325 e. The quantitative estimate of drug-likeness (QED) is 0.313. The second kappa shape index (κ2) is 10.1. The lowest BCUT2D eigenvalue weighted by Gasteiger charge is -2.09. The van der Waals surface area contributed by atoms with Crippen LogP contribution in [0.4, 0.5) is 11.4 Å². The van der Waals surface area contributed by atoms with Crippen molar-refractivity contribution in [3.63, 3.8) is 0 Å². The molecule has 0 radical (unpaired) electrons. The Balaban J connectivity index is 1.54. The molecule has 2 heterocycles. The monoisotopic (exact) mass is 552 g/mol. The summed E-state index contributed by atoms with van der Waals surface area (Å²) in [5, 5.41) is 6.04. The Labute approximate surface area is 215 Å². The first-order chi connectivity index (χ1) is 16.6. The van der Waals surface area contributed by atoms with E-state index in [-0.39, 0.29) is 23.9 Å². The summed E-state index contributed by atoms with van der Waals surface area (Å²) in [5.41, 5.74) is 3.73. The van der Waals surface area contributed by atoms with Crippen LogP contribution in [0, 0.1) is 13.8 Å². The predicted octanol–water partition coefficient (Wildman–Crippen LogP) is 5.85. The van der Waals surface area contributed by atoms with Crippen molar-refractivity contribution in [2.24, 2.45) is 0 Å². The van der Waals surface area contributed by atoms with Crippen LogP contribution in [0.5, 0.6) is 0 Å². The number of aryl methyl sites for hydroxylation is 2. The Morgan fingerprint density at radius 2 is 1.80 bits per heavy atom. The Morgan fingerprint density at radius 1 is 1.09 bits per heavy atom. The Kier molecular flexibility index (Phi) is 7.18. The number of rotatable bonds is 6. The molecule has 0 atom stereocenters. The molecule has 4 rings (SSSR count). The number of nitrogens with one attached hydrogen (secondary N) is 2. The van der Waals surface area contributed by atoms with Crippen molar-refractivity contribution < 1.29 is 9.59 Å². The number of halogens is 1. The van der Waals surface area contributed by atoms with E-state index in [4.69, 9.17) is 0 Å². The van der Waals surface area contributed by atoms with E-state index in [2.05, 4.69) is 45.4 Å². The third-order valence-electron chi connectivity index (χ3n) is 5.67. The van der Waals surface area contributed by atoms with Crippen LogP contribution in [-0.2, 0) is 11.3 Å². The molecule has 2 aromatic heterocycles. The van der Waals surface area contributed by atoms with Crippen LogP contribution in [0.3, 0.4) is 0 Å². The van der Waals surface area contributed by atoms with E-state index in [9.17, 15) is 14.4 Å². The van der Waals surface area contributed by atoms with Gasteiger partial charge in [-0.2, -0.15) is 0 Å². The van der Waals surface area contributed by atoms with E-state index in [0.717, 1.165) is 21.4 Å². The Bertz CT molecular complexity index is 1490. The SMILES string of the molecule is Cc1ccc(NC(=O)c2sc3ncn(CC(=O)Nc4ccc(C(C)C)cc4)c(=O)c3c2C)c(Br)c1. The molecular weight excluding hydrogens is 528 g/mol. The number of thiophene rings is 1. The number of aromatic nitrogens is 2. The number of nitrogens with zero attached hydrogens (tertiary/aromatic N) is 2. The van der Waals surface area contributed by atoms with E-state index in [1.807, 2.05) is 49.4 Å². The number of fused-ring (bicyclic) bond motifs is 1. The summed E-state index contributed by atoms with van der Waals surface area (Å²) in [6, 6.07) is 13.3. The second-order valence-electron chi connectivity index (χ2n) is 8.68. The van der Waals surface area contributed by atoms with Crippen molar-refractivity contribution in [2.75, 3.05) is 10.6 Å². The van der Waals surface area contributed by atoms with Crippen molar-refractivity contribution in [2.45, 2.75) is 40.2 Å². The van der Waals surface area contributed by atoms with Gasteiger partial charge in [0, 0.05) is 10.2 Å². The van der Waals surface area contributed by atoms with E-state index in [1.165, 1.54) is 16.5 Å². The van der Waals surface area contributed by atoms with Gasteiger partial charge in [-0.1, -0.05) is 32.0 Å². The highest BCUT2D eigenvalue weighted by molar-refractivity contribution is 9.10. The third-order valence-corrected chi connectivity index (χ3v) is 7.53. The molecule has 9 heteroatoms. The maximum absolute atomic E-state index is 13.2. The fourth-order valence-corrected chi connectivity index (χ4v) is 5.32. The molecule has 0 spiro atoms. The molecule has 2 amide bonds. The van der Waals surface area contributed by atoms with Gasteiger partial charge in [-0.25, -0.2) is 4.98 Å². The molecule has 0 aliphatic heterocycles. The lowest BCUT2D eigenvalue weighted by molar-refractivity contribution is -0.116. The predicted molar refractivity (Wildman–Crippen MR) is 145 cm³/mol. The first-order valence-corrected chi connectivity index (χ1v) is 12.7. The molecule has 2 N–H and O–H groups in total. The summed E-state index contributed by atoms with van der Waals surface area (Å²) >= 11 is 4.62. The molecule has 7 nitrogen and oxygen atoms in total. The van der Waals surface area contributed by atoms with Crippen LogP contribution < -0.4 is 16.2 Å². The second-order valence-corrected chi connectivity index (χ2v) is 10.5. The minimum atomic E-state index is -0.357. The van der Waals surface area contributed by atoms with Crippen molar-refractivity contribution in [1.29, 1.82) is 0 Å². The van der Waals surface area contributed by atoms with E-state index in [0.29, 0.717) is 37.9 Å². The highest BCUT2D eigenvalue weighted by Gasteiger charge is 2.21. The average Bonchev–Trinajstić information content (AvgIpc) is 3.15. The molecule has 0 unspecified atom stereocenters. The van der Waals surface area contributed by atoms with Gasteiger partial charge in [0.15, 0.2) is 0 Å². The molecule has 35 heavy (non-hydrogen) atoms. The van der Waals surface area contributed by atoms with Crippen LogP contribution in [0.25, 0.3) is 10.2 Å². The third kappa shape index (κ3) is 5.36. The molecule has 0 fully saturated rings. The van der Waals surface area contributed by atoms with Gasteiger partial charge in [0.25, 0.3) is 11.5 Å². The zero-order valence-corrected chi connectivity index (χ0v) is 22.2. The summed E-state index contributed by atoms with van der Waals surface area (Å²) < 4.78 is 2.04. The fraction of sp³-hybridized carbons (Fsp3) is 0.231. The average molecular weight is 553 g/mol. The van der Waals surface area contributed by atoms with Gasteiger partial charge < -0.3 is 10.6 Å². The van der Waals surface area contributed by atoms with Gasteiger partial charge in [-0.05, 0) is 76.7 Å². The van der Waals surface area contributed by atoms with Crippen LogP contribution in [-0.4, -0.2) is 21.4 Å². The van der Waals surface area contributed by atoms with Gasteiger partial charge in [-0.15, -0.1) is 11.3 Å². The molecule has 0 saturated carbocycles. The van der Waals surface area contributed by atoms with Crippen LogP contribution >= 0.6 is 27.3 Å². The number of benzene rings is 2. The smallest absolute Gasteiger partial charge is 0.266 e.